The molecule has 0 aliphatic carbocycles. The molecule has 1 rings (SSSR count). The highest BCUT2D eigenvalue weighted by Gasteiger charge is 2.17. The number of carbonyl (C=O) groups excluding carboxylic acids is 1. The van der Waals surface area contributed by atoms with Crippen molar-refractivity contribution >= 4 is 23.7 Å². The fourth-order valence-corrected chi connectivity index (χ4v) is 1.49. The van der Waals surface area contributed by atoms with Crippen molar-refractivity contribution in [3.05, 3.63) is 16.6 Å². The Hall–Kier alpha value is -1.43. The maximum atomic E-state index is 10.6. The number of hydrogen-bond acceptors (Lipinski definition) is 4. The summed E-state index contributed by atoms with van der Waals surface area (Å²) in [6, 6.07) is -0.863. The van der Waals surface area contributed by atoms with Crippen LogP contribution >= 0.6 is 11.3 Å². The Labute approximate surface area is 78.4 Å². The first-order chi connectivity index (χ1) is 6.24. The molecule has 1 aromatic rings. The second kappa shape index (κ2) is 4.56. The first kappa shape index (κ1) is 9.66. The van der Waals surface area contributed by atoms with E-state index in [1.807, 2.05) is 0 Å². The number of aromatic nitrogens is 1. The van der Waals surface area contributed by atoms with Crippen LogP contribution in [0.5, 0.6) is 0 Å². The molecule has 1 atom stereocenters. The van der Waals surface area contributed by atoms with Gasteiger partial charge < -0.3 is 10.4 Å². The minimum absolute atomic E-state index is 0.277. The van der Waals surface area contributed by atoms with Crippen molar-refractivity contribution in [1.82, 2.24) is 10.3 Å². The van der Waals surface area contributed by atoms with Gasteiger partial charge in [-0.2, -0.15) is 0 Å². The number of thiazole rings is 1. The molecule has 0 aliphatic rings. The van der Waals surface area contributed by atoms with Gasteiger partial charge in [-0.3, -0.25) is 9.78 Å². The van der Waals surface area contributed by atoms with Gasteiger partial charge in [-0.1, -0.05) is 0 Å². The molecule has 0 saturated heterocycles. The van der Waals surface area contributed by atoms with Crippen LogP contribution in [0, 0.1) is 0 Å². The molecule has 0 spiro atoms. The Morgan fingerprint density at radius 2 is 2.62 bits per heavy atom. The third-order valence-electron chi connectivity index (χ3n) is 1.46. The number of rotatable bonds is 5. The van der Waals surface area contributed by atoms with Crippen molar-refractivity contribution in [2.45, 2.75) is 12.5 Å². The average Bonchev–Trinajstić information content (AvgIpc) is 2.56. The van der Waals surface area contributed by atoms with Crippen molar-refractivity contribution in [3.63, 3.8) is 0 Å². The molecule has 0 aromatic carbocycles. The zero-order valence-corrected chi connectivity index (χ0v) is 7.45. The van der Waals surface area contributed by atoms with Crippen molar-refractivity contribution in [2.75, 3.05) is 0 Å². The Morgan fingerprint density at radius 1 is 1.85 bits per heavy atom. The topological polar surface area (TPSA) is 79.3 Å². The summed E-state index contributed by atoms with van der Waals surface area (Å²) in [5.41, 5.74) is 1.62. The number of carbonyl (C=O) groups is 2. The maximum absolute atomic E-state index is 10.6. The fourth-order valence-electron chi connectivity index (χ4n) is 0.844. The summed E-state index contributed by atoms with van der Waals surface area (Å²) in [7, 11) is 0. The van der Waals surface area contributed by atoms with Gasteiger partial charge in [-0.25, -0.2) is 4.79 Å². The zero-order chi connectivity index (χ0) is 9.68. The predicted octanol–water partition coefficient (Wildman–Crippen LogP) is -0.115. The summed E-state index contributed by atoms with van der Waals surface area (Å²) >= 11 is 1.36. The van der Waals surface area contributed by atoms with Crippen LogP contribution < -0.4 is 5.32 Å². The van der Waals surface area contributed by atoms with Crippen LogP contribution in [0.1, 0.15) is 4.88 Å². The number of carboxylic acids is 1. The van der Waals surface area contributed by atoms with Crippen LogP contribution in [0.2, 0.25) is 0 Å². The number of hydrogen-bond donors (Lipinski definition) is 2. The van der Waals surface area contributed by atoms with Crippen LogP contribution in [0.15, 0.2) is 11.7 Å². The van der Waals surface area contributed by atoms with Crippen molar-refractivity contribution in [2.24, 2.45) is 0 Å². The van der Waals surface area contributed by atoms with E-state index in [1.165, 1.54) is 11.3 Å². The van der Waals surface area contributed by atoms with Gasteiger partial charge in [0.15, 0.2) is 0 Å². The molecular weight excluding hydrogens is 192 g/mol. The number of aliphatic carboxylic acids is 1. The SMILES string of the molecule is O=CNC(Cc1cncs1)C(=O)O. The monoisotopic (exact) mass is 200 g/mol. The minimum Gasteiger partial charge on any atom is -0.480 e. The molecule has 0 bridgehead atoms. The summed E-state index contributed by atoms with van der Waals surface area (Å²) in [5, 5.41) is 10.9. The van der Waals surface area contributed by atoms with E-state index in [0.717, 1.165) is 4.88 Å². The minimum atomic E-state index is -1.04. The van der Waals surface area contributed by atoms with Crippen LogP contribution in [0.25, 0.3) is 0 Å². The third kappa shape index (κ3) is 2.83. The zero-order valence-electron chi connectivity index (χ0n) is 6.64. The molecule has 0 radical (unpaired) electrons. The van der Waals surface area contributed by atoms with Crippen LogP contribution in [-0.4, -0.2) is 28.5 Å². The molecule has 0 fully saturated rings. The van der Waals surface area contributed by atoms with Gasteiger partial charge in [0, 0.05) is 17.5 Å². The summed E-state index contributed by atoms with van der Waals surface area (Å²) in [6.45, 7) is 0. The van der Waals surface area contributed by atoms with E-state index in [4.69, 9.17) is 5.11 Å². The molecule has 0 saturated carbocycles. The largest absolute Gasteiger partial charge is 0.480 e. The summed E-state index contributed by atoms with van der Waals surface area (Å²) in [6.07, 6.45) is 2.26. The van der Waals surface area contributed by atoms with E-state index >= 15 is 0 Å². The number of nitrogens with zero attached hydrogens (tertiary/aromatic N) is 1. The Morgan fingerprint density at radius 3 is 3.08 bits per heavy atom. The molecule has 2 N–H and O–H groups in total. The Bertz CT molecular complexity index is 286. The standard InChI is InChI=1S/C7H8N2O3S/c10-3-9-6(7(11)12)1-5-2-8-4-13-5/h2-4,6H,1H2,(H,9,10)(H,11,12). The Balaban J connectivity index is 2.57. The summed E-state index contributed by atoms with van der Waals surface area (Å²) in [4.78, 5) is 25.3. The highest BCUT2D eigenvalue weighted by atomic mass is 32.1. The van der Waals surface area contributed by atoms with Crippen LogP contribution in [0.3, 0.4) is 0 Å². The lowest BCUT2D eigenvalue weighted by molar-refractivity contribution is -0.140. The number of carboxylic acid groups (broad SMARTS) is 1. The highest BCUT2D eigenvalue weighted by molar-refractivity contribution is 7.09. The maximum Gasteiger partial charge on any atom is 0.326 e. The van der Waals surface area contributed by atoms with Crippen molar-refractivity contribution < 1.29 is 14.7 Å². The van der Waals surface area contributed by atoms with Gasteiger partial charge in [0.25, 0.3) is 0 Å². The fraction of sp³-hybridized carbons (Fsp3) is 0.286. The van der Waals surface area contributed by atoms with E-state index in [0.29, 0.717) is 6.41 Å². The molecule has 5 nitrogen and oxygen atoms in total. The lowest BCUT2D eigenvalue weighted by Gasteiger charge is -2.08. The lowest BCUT2D eigenvalue weighted by atomic mass is 10.2. The smallest absolute Gasteiger partial charge is 0.326 e. The van der Waals surface area contributed by atoms with Gasteiger partial charge in [-0.05, 0) is 0 Å². The molecule has 1 aromatic heterocycles. The van der Waals surface area contributed by atoms with E-state index < -0.39 is 12.0 Å². The van der Waals surface area contributed by atoms with Gasteiger partial charge in [0.05, 0.1) is 5.51 Å². The molecule has 1 amide bonds. The first-order valence-electron chi connectivity index (χ1n) is 3.54. The normalized spacial score (nSPS) is 12.0. The van der Waals surface area contributed by atoms with Crippen molar-refractivity contribution in [3.8, 4) is 0 Å². The van der Waals surface area contributed by atoms with E-state index in [1.54, 1.807) is 11.7 Å². The lowest BCUT2D eigenvalue weighted by Crippen LogP contribution is -2.37. The third-order valence-corrected chi connectivity index (χ3v) is 2.26. The Kier molecular flexibility index (Phi) is 3.39. The molecule has 1 heterocycles. The summed E-state index contributed by atoms with van der Waals surface area (Å²) in [5.74, 6) is -1.04. The second-order valence-corrected chi connectivity index (χ2v) is 3.32. The quantitative estimate of drug-likeness (QED) is 0.650. The predicted molar refractivity (Wildman–Crippen MR) is 46.4 cm³/mol. The molecule has 1 unspecified atom stereocenters. The highest BCUT2D eigenvalue weighted by Crippen LogP contribution is 2.08. The van der Waals surface area contributed by atoms with Crippen LogP contribution in [0.4, 0.5) is 0 Å². The van der Waals surface area contributed by atoms with E-state index in [9.17, 15) is 9.59 Å². The van der Waals surface area contributed by atoms with Crippen LogP contribution in [-0.2, 0) is 16.0 Å². The van der Waals surface area contributed by atoms with E-state index in [2.05, 4.69) is 10.3 Å². The molecule has 70 valence electrons. The second-order valence-electron chi connectivity index (χ2n) is 2.35. The average molecular weight is 200 g/mol. The first-order valence-corrected chi connectivity index (χ1v) is 4.42. The van der Waals surface area contributed by atoms with Gasteiger partial charge in [0.2, 0.25) is 6.41 Å². The molecular formula is C7H8N2O3S. The van der Waals surface area contributed by atoms with Gasteiger partial charge in [0.1, 0.15) is 6.04 Å². The van der Waals surface area contributed by atoms with Gasteiger partial charge >= 0.3 is 5.97 Å². The van der Waals surface area contributed by atoms with Gasteiger partial charge in [-0.15, -0.1) is 11.3 Å². The molecule has 13 heavy (non-hydrogen) atoms. The molecule has 0 aliphatic heterocycles. The number of nitrogens with one attached hydrogen (secondary N) is 1. The molecule has 6 heteroatoms. The summed E-state index contributed by atoms with van der Waals surface area (Å²) < 4.78 is 0. The number of amides is 1. The van der Waals surface area contributed by atoms with Crippen molar-refractivity contribution in [1.29, 1.82) is 0 Å². The van der Waals surface area contributed by atoms with E-state index in [-0.39, 0.29) is 6.42 Å².